The zero-order valence-electron chi connectivity index (χ0n) is 12.0. The van der Waals surface area contributed by atoms with Crippen molar-refractivity contribution in [1.29, 1.82) is 0 Å². The van der Waals surface area contributed by atoms with Crippen LogP contribution < -0.4 is 0 Å². The number of aromatic nitrogens is 3. The van der Waals surface area contributed by atoms with Gasteiger partial charge in [-0.05, 0) is 0 Å². The van der Waals surface area contributed by atoms with Crippen molar-refractivity contribution >= 4 is 25.5 Å². The van der Waals surface area contributed by atoms with E-state index in [-0.39, 0.29) is 21.1 Å². The molecule has 120 valence electrons. The van der Waals surface area contributed by atoms with Gasteiger partial charge in [0.2, 0.25) is 0 Å². The summed E-state index contributed by atoms with van der Waals surface area (Å²) in [6, 6.07) is 5.95. The Balaban J connectivity index is 1.80. The molecule has 1 saturated heterocycles. The molecule has 4 heterocycles. The van der Waals surface area contributed by atoms with Gasteiger partial charge in [-0.3, -0.25) is 0 Å². The Hall–Kier alpha value is -1.54. The first-order chi connectivity index (χ1) is 11.2. The zero-order valence-corrected chi connectivity index (χ0v) is 13.7. The van der Waals surface area contributed by atoms with Crippen molar-refractivity contribution in [3.05, 3.63) is 35.7 Å². The van der Waals surface area contributed by atoms with Crippen molar-refractivity contribution in [2.45, 2.75) is 24.5 Å². The molecule has 1 fully saturated rings. The third-order valence-electron chi connectivity index (χ3n) is 4.06. The van der Waals surface area contributed by atoms with Crippen LogP contribution in [-0.4, -0.2) is 69.3 Å². The summed E-state index contributed by atoms with van der Waals surface area (Å²) in [5.41, 5.74) is 1.51. The number of nitrogens with zero attached hydrogens (tertiary/aromatic N) is 3. The van der Waals surface area contributed by atoms with Gasteiger partial charge in [0.15, 0.2) is 0 Å². The number of fused-ring (bicyclic) bond motifs is 1. The van der Waals surface area contributed by atoms with Crippen LogP contribution in [0.3, 0.4) is 0 Å². The van der Waals surface area contributed by atoms with Gasteiger partial charge in [-0.25, -0.2) is 0 Å². The molecule has 0 spiro atoms. The summed E-state index contributed by atoms with van der Waals surface area (Å²) in [4.78, 5) is 10.8. The Labute approximate surface area is 137 Å². The SMILES string of the molecule is OC[C@H]1O[C@@H](n2ccc3c(-c4ccc[se]4)ncnc32)[C@H](O)[C@@H]1O. The predicted octanol–water partition coefficient (Wildman–Crippen LogP) is -0.233. The van der Waals surface area contributed by atoms with Gasteiger partial charge in [0, 0.05) is 0 Å². The van der Waals surface area contributed by atoms with Gasteiger partial charge >= 0.3 is 137 Å². The van der Waals surface area contributed by atoms with Crippen LogP contribution in [0.5, 0.6) is 0 Å². The summed E-state index contributed by atoms with van der Waals surface area (Å²) in [5.74, 6) is 0. The fraction of sp³-hybridized carbons (Fsp3) is 0.333. The minimum absolute atomic E-state index is 0.255. The molecule has 0 unspecified atom stereocenters. The summed E-state index contributed by atoms with van der Waals surface area (Å²) in [7, 11) is 0. The van der Waals surface area contributed by atoms with Gasteiger partial charge in [-0.2, -0.15) is 0 Å². The number of aliphatic hydroxyl groups excluding tert-OH is 3. The molecule has 0 amide bonds. The van der Waals surface area contributed by atoms with Crippen LogP contribution in [0.1, 0.15) is 6.23 Å². The molecule has 0 radical (unpaired) electrons. The van der Waals surface area contributed by atoms with E-state index in [4.69, 9.17) is 4.74 Å². The molecular weight excluding hydrogens is 365 g/mol. The first-order valence-electron chi connectivity index (χ1n) is 7.18. The van der Waals surface area contributed by atoms with Crippen LogP contribution in [-0.2, 0) is 4.74 Å². The van der Waals surface area contributed by atoms with E-state index in [1.54, 1.807) is 10.8 Å². The molecule has 0 bridgehead atoms. The maximum absolute atomic E-state index is 10.2. The summed E-state index contributed by atoms with van der Waals surface area (Å²) < 4.78 is 8.43. The van der Waals surface area contributed by atoms with Gasteiger partial charge < -0.3 is 0 Å². The first kappa shape index (κ1) is 15.0. The quantitative estimate of drug-likeness (QED) is 0.543. The molecule has 23 heavy (non-hydrogen) atoms. The van der Waals surface area contributed by atoms with E-state index in [1.165, 1.54) is 10.8 Å². The molecule has 0 aliphatic carbocycles. The third-order valence-corrected chi connectivity index (χ3v) is 5.89. The van der Waals surface area contributed by atoms with E-state index < -0.39 is 24.5 Å². The summed E-state index contributed by atoms with van der Waals surface area (Å²) in [6.45, 7) is -0.352. The van der Waals surface area contributed by atoms with Crippen molar-refractivity contribution in [1.82, 2.24) is 14.5 Å². The molecule has 0 saturated carbocycles. The topological polar surface area (TPSA) is 101 Å². The fourth-order valence-electron chi connectivity index (χ4n) is 2.90. The average Bonchev–Trinajstić information content (AvgIpc) is 3.28. The van der Waals surface area contributed by atoms with Crippen LogP contribution in [0.15, 0.2) is 35.7 Å². The van der Waals surface area contributed by atoms with Crippen molar-refractivity contribution < 1.29 is 20.1 Å². The van der Waals surface area contributed by atoms with E-state index in [0.29, 0.717) is 5.65 Å². The molecule has 3 aromatic rings. The van der Waals surface area contributed by atoms with Crippen LogP contribution in [0.2, 0.25) is 0 Å². The van der Waals surface area contributed by atoms with E-state index in [2.05, 4.69) is 14.9 Å². The fourth-order valence-corrected chi connectivity index (χ4v) is 4.44. The third kappa shape index (κ3) is 2.35. The molecule has 4 rings (SSSR count). The number of hydrogen-bond donors (Lipinski definition) is 3. The monoisotopic (exact) mass is 381 g/mol. The number of ether oxygens (including phenoxy) is 1. The second-order valence-corrected chi connectivity index (χ2v) is 7.38. The van der Waals surface area contributed by atoms with Crippen molar-refractivity contribution in [2.24, 2.45) is 0 Å². The molecule has 1 aliphatic rings. The van der Waals surface area contributed by atoms with E-state index >= 15 is 0 Å². The van der Waals surface area contributed by atoms with Gasteiger partial charge in [-0.15, -0.1) is 0 Å². The second kappa shape index (κ2) is 5.83. The standard InChI is InChI=1S/C15H15N3O4Se/c19-6-9-12(20)13(21)15(22-9)18-4-3-8-11(10-2-1-5-23-10)16-7-17-14(8)18/h1-5,7,9,12-13,15,19-21H,6H2/t9-,12-,13-,15-/m1/s1. The molecule has 0 aromatic carbocycles. The van der Waals surface area contributed by atoms with E-state index in [0.717, 1.165) is 11.1 Å². The van der Waals surface area contributed by atoms with Crippen LogP contribution in [0, 0.1) is 0 Å². The normalized spacial score (nSPS) is 27.8. The molecule has 1 aliphatic heterocycles. The summed E-state index contributed by atoms with van der Waals surface area (Å²) in [6.07, 6.45) is -0.599. The Morgan fingerprint density at radius 1 is 1.22 bits per heavy atom. The summed E-state index contributed by atoms with van der Waals surface area (Å²) >= 11 is 0.255. The maximum atomic E-state index is 10.2. The molecule has 3 aromatic heterocycles. The van der Waals surface area contributed by atoms with Crippen LogP contribution in [0.4, 0.5) is 0 Å². The van der Waals surface area contributed by atoms with Crippen LogP contribution in [0.25, 0.3) is 21.2 Å². The molecule has 4 atom stereocenters. The molecule has 8 heteroatoms. The predicted molar refractivity (Wildman–Crippen MR) is 82.9 cm³/mol. The van der Waals surface area contributed by atoms with E-state index in [1.807, 2.05) is 18.2 Å². The Bertz CT molecular complexity index is 819. The van der Waals surface area contributed by atoms with Gasteiger partial charge in [0.05, 0.1) is 0 Å². The van der Waals surface area contributed by atoms with Crippen molar-refractivity contribution in [2.75, 3.05) is 6.61 Å². The van der Waals surface area contributed by atoms with Crippen LogP contribution >= 0.6 is 0 Å². The van der Waals surface area contributed by atoms with Gasteiger partial charge in [0.25, 0.3) is 0 Å². The minimum atomic E-state index is -1.13. The molecule has 3 N–H and O–H groups in total. The van der Waals surface area contributed by atoms with Crippen molar-refractivity contribution in [3.63, 3.8) is 0 Å². The Morgan fingerprint density at radius 2 is 2.09 bits per heavy atom. The Kier molecular flexibility index (Phi) is 3.80. The van der Waals surface area contributed by atoms with Gasteiger partial charge in [0.1, 0.15) is 0 Å². The zero-order chi connectivity index (χ0) is 16.0. The first-order valence-corrected chi connectivity index (χ1v) is 9.03. The van der Waals surface area contributed by atoms with E-state index in [9.17, 15) is 15.3 Å². The van der Waals surface area contributed by atoms with Gasteiger partial charge in [-0.1, -0.05) is 0 Å². The number of rotatable bonds is 3. The average molecular weight is 380 g/mol. The van der Waals surface area contributed by atoms with Crippen molar-refractivity contribution in [3.8, 4) is 10.1 Å². The Morgan fingerprint density at radius 3 is 2.78 bits per heavy atom. The number of hydrogen-bond acceptors (Lipinski definition) is 6. The second-order valence-electron chi connectivity index (χ2n) is 5.39. The number of aliphatic hydroxyl groups is 3. The summed E-state index contributed by atoms with van der Waals surface area (Å²) in [5, 5.41) is 30.2. The molecular formula is C15H15N3O4Se. The molecule has 7 nitrogen and oxygen atoms in total.